The molecule has 1 amide bonds. The normalized spacial score (nSPS) is 23.5. The summed E-state index contributed by atoms with van der Waals surface area (Å²) in [5, 5.41) is 6.31. The van der Waals surface area contributed by atoms with Crippen LogP contribution in [0, 0.1) is 11.6 Å². The summed E-state index contributed by atoms with van der Waals surface area (Å²) in [4.78, 5) is 13.8. The Morgan fingerprint density at radius 3 is 2.59 bits per heavy atom. The number of rotatable bonds is 3. The van der Waals surface area contributed by atoms with E-state index in [-0.39, 0.29) is 11.9 Å². The molecule has 2 heterocycles. The van der Waals surface area contributed by atoms with Gasteiger partial charge < -0.3 is 15.5 Å². The number of amides is 1. The third-order valence-corrected chi connectivity index (χ3v) is 4.49. The number of carbonyl (C=O) groups excluding carboxylic acids is 1. The van der Waals surface area contributed by atoms with E-state index in [1.54, 1.807) is 6.07 Å². The Bertz CT molecular complexity index is 544. The van der Waals surface area contributed by atoms with Gasteiger partial charge in [-0.25, -0.2) is 8.78 Å². The summed E-state index contributed by atoms with van der Waals surface area (Å²) in [6, 6.07) is 4.24. The highest BCUT2D eigenvalue weighted by Crippen LogP contribution is 2.22. The van der Waals surface area contributed by atoms with Crippen LogP contribution in [0.25, 0.3) is 0 Å². The first kappa shape index (κ1) is 15.2. The van der Waals surface area contributed by atoms with Crippen molar-refractivity contribution in [2.75, 3.05) is 24.5 Å². The maximum atomic E-state index is 13.3. The van der Waals surface area contributed by atoms with Crippen LogP contribution in [0.2, 0.25) is 0 Å². The van der Waals surface area contributed by atoms with Crippen molar-refractivity contribution in [1.29, 1.82) is 0 Å². The van der Waals surface area contributed by atoms with Crippen LogP contribution in [0.5, 0.6) is 0 Å². The Hall–Kier alpha value is -1.69. The first-order valence-corrected chi connectivity index (χ1v) is 7.87. The number of nitrogens with one attached hydrogen (secondary N) is 2. The molecule has 0 spiro atoms. The smallest absolute Gasteiger partial charge is 0.237 e. The molecule has 4 nitrogen and oxygen atoms in total. The van der Waals surface area contributed by atoms with Crippen molar-refractivity contribution in [1.82, 2.24) is 10.6 Å². The fraction of sp³-hybridized carbons (Fsp3) is 0.562. The van der Waals surface area contributed by atoms with Gasteiger partial charge in [-0.15, -0.1) is 0 Å². The van der Waals surface area contributed by atoms with E-state index in [4.69, 9.17) is 0 Å². The lowest BCUT2D eigenvalue weighted by Gasteiger charge is -2.36. The van der Waals surface area contributed by atoms with Crippen LogP contribution in [0.15, 0.2) is 18.2 Å². The second kappa shape index (κ2) is 6.60. The summed E-state index contributed by atoms with van der Waals surface area (Å²) >= 11 is 0. The first-order valence-electron chi connectivity index (χ1n) is 7.87. The lowest BCUT2D eigenvalue weighted by atomic mass is 10.00. The Balaban J connectivity index is 1.53. The number of nitrogens with zero attached hydrogens (tertiary/aromatic N) is 1. The number of anilines is 1. The van der Waals surface area contributed by atoms with E-state index < -0.39 is 11.6 Å². The van der Waals surface area contributed by atoms with Gasteiger partial charge in [0.2, 0.25) is 5.91 Å². The van der Waals surface area contributed by atoms with Crippen molar-refractivity contribution in [3.05, 3.63) is 29.8 Å². The van der Waals surface area contributed by atoms with Crippen LogP contribution in [-0.4, -0.2) is 37.6 Å². The monoisotopic (exact) mass is 309 g/mol. The summed E-state index contributed by atoms with van der Waals surface area (Å²) in [6.45, 7) is 2.32. The second-order valence-electron chi connectivity index (χ2n) is 6.01. The number of halogens is 2. The molecule has 2 N–H and O–H groups in total. The van der Waals surface area contributed by atoms with E-state index in [9.17, 15) is 13.6 Å². The van der Waals surface area contributed by atoms with Crippen molar-refractivity contribution in [3.8, 4) is 0 Å². The molecule has 0 bridgehead atoms. The van der Waals surface area contributed by atoms with E-state index in [1.165, 1.54) is 12.1 Å². The van der Waals surface area contributed by atoms with Gasteiger partial charge in [0, 0.05) is 37.4 Å². The van der Waals surface area contributed by atoms with E-state index in [0.717, 1.165) is 45.3 Å². The van der Waals surface area contributed by atoms with E-state index in [1.807, 2.05) is 0 Å². The van der Waals surface area contributed by atoms with Crippen LogP contribution >= 0.6 is 0 Å². The lowest BCUT2D eigenvalue weighted by Crippen LogP contribution is -2.54. The minimum atomic E-state index is -0.816. The zero-order valence-electron chi connectivity index (χ0n) is 12.4. The molecule has 0 unspecified atom stereocenters. The maximum absolute atomic E-state index is 13.3. The molecule has 3 rings (SSSR count). The zero-order valence-corrected chi connectivity index (χ0v) is 12.4. The predicted octanol–water partition coefficient (Wildman–Crippen LogP) is 1.80. The molecule has 0 saturated carbocycles. The minimum Gasteiger partial charge on any atom is -0.371 e. The number of hydrogen-bond donors (Lipinski definition) is 2. The van der Waals surface area contributed by atoms with Gasteiger partial charge in [-0.05, 0) is 37.8 Å². The molecule has 0 radical (unpaired) electrons. The molecule has 1 aromatic carbocycles. The molecule has 2 aliphatic rings. The highest BCUT2D eigenvalue weighted by atomic mass is 19.2. The van der Waals surface area contributed by atoms with Crippen molar-refractivity contribution >= 4 is 11.6 Å². The highest BCUT2D eigenvalue weighted by Gasteiger charge is 2.27. The van der Waals surface area contributed by atoms with Gasteiger partial charge in [0.1, 0.15) is 0 Å². The molecule has 22 heavy (non-hydrogen) atoms. The van der Waals surface area contributed by atoms with Gasteiger partial charge in [0.05, 0.1) is 6.04 Å². The van der Waals surface area contributed by atoms with Gasteiger partial charge in [-0.1, -0.05) is 0 Å². The third kappa shape index (κ3) is 3.38. The summed E-state index contributed by atoms with van der Waals surface area (Å²) in [5.74, 6) is -1.53. The Labute approximate surface area is 128 Å². The van der Waals surface area contributed by atoms with Crippen molar-refractivity contribution in [2.45, 2.75) is 37.8 Å². The molecule has 6 heteroatoms. The molecule has 0 aliphatic carbocycles. The molecule has 120 valence electrons. The van der Waals surface area contributed by atoms with Crippen LogP contribution in [-0.2, 0) is 4.79 Å². The second-order valence-corrected chi connectivity index (χ2v) is 6.01. The van der Waals surface area contributed by atoms with Crippen LogP contribution in [0.3, 0.4) is 0 Å². The lowest BCUT2D eigenvalue weighted by molar-refractivity contribution is -0.124. The van der Waals surface area contributed by atoms with Gasteiger partial charge in [-0.3, -0.25) is 4.79 Å². The topological polar surface area (TPSA) is 44.4 Å². The molecular weight excluding hydrogens is 288 g/mol. The standard InChI is InChI=1S/C16H21F2N3O/c17-13-4-3-12(10-14(13)18)21-8-5-11(6-9-21)20-15-2-1-7-19-16(15)22/h3-4,10-11,15,20H,1-2,5-9H2,(H,19,22)/t15-/m0/s1. The van der Waals surface area contributed by atoms with Crippen LogP contribution in [0.4, 0.5) is 14.5 Å². The molecule has 0 aromatic heterocycles. The van der Waals surface area contributed by atoms with Crippen LogP contribution < -0.4 is 15.5 Å². The fourth-order valence-electron chi connectivity index (χ4n) is 3.20. The zero-order chi connectivity index (χ0) is 15.5. The maximum Gasteiger partial charge on any atom is 0.237 e. The van der Waals surface area contributed by atoms with E-state index in [0.29, 0.717) is 11.7 Å². The molecule has 1 atom stereocenters. The van der Waals surface area contributed by atoms with Crippen LogP contribution in [0.1, 0.15) is 25.7 Å². The average molecular weight is 309 g/mol. The number of benzene rings is 1. The van der Waals surface area contributed by atoms with Gasteiger partial charge in [0.15, 0.2) is 11.6 Å². The van der Waals surface area contributed by atoms with Gasteiger partial charge in [0.25, 0.3) is 0 Å². The molecule has 2 saturated heterocycles. The molecule has 2 aliphatic heterocycles. The summed E-state index contributed by atoms with van der Waals surface area (Å²) in [6.07, 6.45) is 3.68. The SMILES string of the molecule is O=C1NCCC[C@@H]1NC1CCN(c2ccc(F)c(F)c2)CC1. The largest absolute Gasteiger partial charge is 0.371 e. The quantitative estimate of drug-likeness (QED) is 0.895. The average Bonchev–Trinajstić information content (AvgIpc) is 2.53. The Morgan fingerprint density at radius 1 is 1.14 bits per heavy atom. The number of carbonyl (C=O) groups is 1. The number of hydrogen-bond acceptors (Lipinski definition) is 3. The Kier molecular flexibility index (Phi) is 4.57. The van der Waals surface area contributed by atoms with Crippen molar-refractivity contribution < 1.29 is 13.6 Å². The van der Waals surface area contributed by atoms with E-state index in [2.05, 4.69) is 15.5 Å². The minimum absolute atomic E-state index is 0.0893. The summed E-state index contributed by atoms with van der Waals surface area (Å²) in [5.41, 5.74) is 0.716. The third-order valence-electron chi connectivity index (χ3n) is 4.49. The highest BCUT2D eigenvalue weighted by molar-refractivity contribution is 5.82. The number of piperidine rings is 2. The summed E-state index contributed by atoms with van der Waals surface area (Å²) < 4.78 is 26.3. The Morgan fingerprint density at radius 2 is 1.91 bits per heavy atom. The van der Waals surface area contributed by atoms with E-state index >= 15 is 0 Å². The summed E-state index contributed by atoms with van der Waals surface area (Å²) in [7, 11) is 0. The molecule has 1 aromatic rings. The molecular formula is C16H21F2N3O. The predicted molar refractivity (Wildman–Crippen MR) is 80.8 cm³/mol. The van der Waals surface area contributed by atoms with Crippen molar-refractivity contribution in [3.63, 3.8) is 0 Å². The van der Waals surface area contributed by atoms with Gasteiger partial charge >= 0.3 is 0 Å². The fourth-order valence-corrected chi connectivity index (χ4v) is 3.20. The van der Waals surface area contributed by atoms with Crippen molar-refractivity contribution in [2.24, 2.45) is 0 Å². The first-order chi connectivity index (χ1) is 10.6. The molecule has 2 fully saturated rings. The van der Waals surface area contributed by atoms with Gasteiger partial charge in [-0.2, -0.15) is 0 Å².